The highest BCUT2D eigenvalue weighted by Crippen LogP contribution is 2.24. The van der Waals surface area contributed by atoms with Crippen LogP contribution in [0.25, 0.3) is 0 Å². The number of amides is 1. The molecule has 0 aliphatic carbocycles. The van der Waals surface area contributed by atoms with E-state index in [2.05, 4.69) is 18.7 Å². The van der Waals surface area contributed by atoms with Crippen LogP contribution in [0.5, 0.6) is 5.75 Å². The molecule has 1 aromatic rings. The van der Waals surface area contributed by atoms with Crippen LogP contribution in [-0.4, -0.2) is 55.5 Å². The van der Waals surface area contributed by atoms with Gasteiger partial charge in [0.1, 0.15) is 5.75 Å². The van der Waals surface area contributed by atoms with Gasteiger partial charge in [0.2, 0.25) is 5.91 Å². The summed E-state index contributed by atoms with van der Waals surface area (Å²) in [7, 11) is 1.68. The van der Waals surface area contributed by atoms with E-state index in [4.69, 9.17) is 4.74 Å². The molecule has 0 saturated carbocycles. The Hall–Kier alpha value is -1.55. The molecular weight excluding hydrogens is 264 g/mol. The normalized spacial score (nSPS) is 16.1. The number of likely N-dealkylation sites (N-methyl/N-ethyl adjacent to an activating group) is 1. The van der Waals surface area contributed by atoms with Gasteiger partial charge in [-0.1, -0.05) is 13.0 Å². The van der Waals surface area contributed by atoms with Crippen molar-refractivity contribution in [2.24, 2.45) is 0 Å². The third kappa shape index (κ3) is 3.56. The molecule has 1 aliphatic rings. The first-order valence-electron chi connectivity index (χ1n) is 7.70. The monoisotopic (exact) mass is 290 g/mol. The van der Waals surface area contributed by atoms with E-state index in [0.29, 0.717) is 6.42 Å². The molecular formula is C17H26N2O2. The summed E-state index contributed by atoms with van der Waals surface area (Å²) in [6, 6.07) is 3.97. The highest BCUT2D eigenvalue weighted by molar-refractivity contribution is 5.79. The van der Waals surface area contributed by atoms with Gasteiger partial charge in [0.05, 0.1) is 13.5 Å². The van der Waals surface area contributed by atoms with E-state index in [-0.39, 0.29) is 5.91 Å². The van der Waals surface area contributed by atoms with E-state index in [9.17, 15) is 4.79 Å². The Morgan fingerprint density at radius 1 is 1.14 bits per heavy atom. The Morgan fingerprint density at radius 2 is 1.81 bits per heavy atom. The largest absolute Gasteiger partial charge is 0.496 e. The second-order valence-electron chi connectivity index (χ2n) is 5.67. The minimum absolute atomic E-state index is 0.235. The van der Waals surface area contributed by atoms with Crippen LogP contribution < -0.4 is 4.74 Å². The molecule has 0 spiro atoms. The Bertz CT molecular complexity index is 506. The number of rotatable bonds is 4. The van der Waals surface area contributed by atoms with Crippen molar-refractivity contribution in [2.75, 3.05) is 39.8 Å². The molecule has 4 nitrogen and oxygen atoms in total. The zero-order chi connectivity index (χ0) is 15.4. The quantitative estimate of drug-likeness (QED) is 0.850. The molecule has 4 heteroatoms. The van der Waals surface area contributed by atoms with Gasteiger partial charge in [-0.05, 0) is 43.1 Å². The van der Waals surface area contributed by atoms with Crippen LogP contribution in [0, 0.1) is 13.8 Å². The second kappa shape index (κ2) is 6.94. The fourth-order valence-corrected chi connectivity index (χ4v) is 2.85. The van der Waals surface area contributed by atoms with Crippen molar-refractivity contribution in [3.05, 3.63) is 28.8 Å². The molecule has 1 aromatic carbocycles. The van der Waals surface area contributed by atoms with Crippen LogP contribution in [0.2, 0.25) is 0 Å². The highest BCUT2D eigenvalue weighted by atomic mass is 16.5. The van der Waals surface area contributed by atoms with Gasteiger partial charge in [-0.2, -0.15) is 0 Å². The van der Waals surface area contributed by atoms with E-state index < -0.39 is 0 Å². The maximum Gasteiger partial charge on any atom is 0.227 e. The van der Waals surface area contributed by atoms with E-state index in [1.165, 1.54) is 0 Å². The van der Waals surface area contributed by atoms with Gasteiger partial charge in [-0.25, -0.2) is 0 Å². The molecule has 0 atom stereocenters. The third-order valence-electron chi connectivity index (χ3n) is 4.58. The minimum Gasteiger partial charge on any atom is -0.496 e. The Kier molecular flexibility index (Phi) is 5.23. The van der Waals surface area contributed by atoms with Gasteiger partial charge < -0.3 is 14.5 Å². The summed E-state index contributed by atoms with van der Waals surface area (Å²) >= 11 is 0. The Morgan fingerprint density at radius 3 is 2.38 bits per heavy atom. The number of ether oxygens (including phenoxy) is 1. The first-order chi connectivity index (χ1) is 10.1. The van der Waals surface area contributed by atoms with Crippen molar-refractivity contribution in [3.8, 4) is 5.75 Å². The zero-order valence-corrected chi connectivity index (χ0v) is 13.6. The molecule has 1 aliphatic heterocycles. The van der Waals surface area contributed by atoms with Crippen LogP contribution >= 0.6 is 0 Å². The maximum absolute atomic E-state index is 12.5. The lowest BCUT2D eigenvalue weighted by Gasteiger charge is -2.34. The molecule has 1 fully saturated rings. The number of piperazine rings is 1. The van der Waals surface area contributed by atoms with Crippen molar-refractivity contribution in [1.82, 2.24) is 9.80 Å². The third-order valence-corrected chi connectivity index (χ3v) is 4.58. The summed E-state index contributed by atoms with van der Waals surface area (Å²) in [5.74, 6) is 1.12. The predicted molar refractivity (Wildman–Crippen MR) is 84.9 cm³/mol. The van der Waals surface area contributed by atoms with Gasteiger partial charge >= 0.3 is 0 Å². The molecule has 21 heavy (non-hydrogen) atoms. The minimum atomic E-state index is 0.235. The molecule has 2 rings (SSSR count). The lowest BCUT2D eigenvalue weighted by atomic mass is 9.99. The standard InChI is InChI=1S/C17H26N2O2/c1-5-18-8-10-19(11-9-18)17(20)12-15-6-7-16(21-4)14(3)13(15)2/h6-7H,5,8-12H2,1-4H3. The lowest BCUT2D eigenvalue weighted by Crippen LogP contribution is -2.48. The van der Waals surface area contributed by atoms with E-state index in [1.54, 1.807) is 7.11 Å². The molecule has 1 saturated heterocycles. The summed E-state index contributed by atoms with van der Waals surface area (Å²) in [5.41, 5.74) is 3.39. The van der Waals surface area contributed by atoms with Crippen LogP contribution in [0.4, 0.5) is 0 Å². The van der Waals surface area contributed by atoms with Crippen LogP contribution in [0.3, 0.4) is 0 Å². The summed E-state index contributed by atoms with van der Waals surface area (Å²) in [6.07, 6.45) is 0.489. The van der Waals surface area contributed by atoms with E-state index >= 15 is 0 Å². The number of carbonyl (C=O) groups excluding carboxylic acids is 1. The van der Waals surface area contributed by atoms with Crippen LogP contribution in [-0.2, 0) is 11.2 Å². The second-order valence-corrected chi connectivity index (χ2v) is 5.67. The summed E-state index contributed by atoms with van der Waals surface area (Å²) in [4.78, 5) is 16.8. The van der Waals surface area contributed by atoms with Crippen molar-refractivity contribution in [2.45, 2.75) is 27.2 Å². The number of carbonyl (C=O) groups is 1. The van der Waals surface area contributed by atoms with Gasteiger partial charge in [0.25, 0.3) is 0 Å². The zero-order valence-electron chi connectivity index (χ0n) is 13.6. The van der Waals surface area contributed by atoms with Crippen molar-refractivity contribution in [1.29, 1.82) is 0 Å². The van der Waals surface area contributed by atoms with Crippen molar-refractivity contribution >= 4 is 5.91 Å². The number of nitrogens with zero attached hydrogens (tertiary/aromatic N) is 2. The number of methoxy groups -OCH3 is 1. The molecule has 1 amide bonds. The van der Waals surface area contributed by atoms with E-state index in [1.807, 2.05) is 24.0 Å². The summed E-state index contributed by atoms with van der Waals surface area (Å²) in [5, 5.41) is 0. The molecule has 1 heterocycles. The topological polar surface area (TPSA) is 32.8 Å². The van der Waals surface area contributed by atoms with E-state index in [0.717, 1.165) is 55.2 Å². The first kappa shape index (κ1) is 15.8. The molecule has 116 valence electrons. The summed E-state index contributed by atoms with van der Waals surface area (Å²) < 4.78 is 5.33. The van der Waals surface area contributed by atoms with Gasteiger partial charge in [-0.3, -0.25) is 4.79 Å². The van der Waals surface area contributed by atoms with Gasteiger partial charge in [-0.15, -0.1) is 0 Å². The summed E-state index contributed by atoms with van der Waals surface area (Å²) in [6.45, 7) is 11.0. The predicted octanol–water partition coefficient (Wildman–Crippen LogP) is 2.02. The Balaban J connectivity index is 2.02. The molecule has 0 N–H and O–H groups in total. The molecule has 0 unspecified atom stereocenters. The number of hydrogen-bond acceptors (Lipinski definition) is 3. The highest BCUT2D eigenvalue weighted by Gasteiger charge is 2.21. The Labute approximate surface area is 127 Å². The molecule has 0 radical (unpaired) electrons. The fourth-order valence-electron chi connectivity index (χ4n) is 2.85. The SMILES string of the molecule is CCN1CCN(C(=O)Cc2ccc(OC)c(C)c2C)CC1. The van der Waals surface area contributed by atoms with Crippen molar-refractivity contribution < 1.29 is 9.53 Å². The average Bonchev–Trinajstić information content (AvgIpc) is 2.52. The van der Waals surface area contributed by atoms with Crippen LogP contribution in [0.1, 0.15) is 23.6 Å². The average molecular weight is 290 g/mol. The first-order valence-corrected chi connectivity index (χ1v) is 7.70. The van der Waals surface area contributed by atoms with Gasteiger partial charge in [0.15, 0.2) is 0 Å². The molecule has 0 bridgehead atoms. The fraction of sp³-hybridized carbons (Fsp3) is 0.588. The molecule has 0 aromatic heterocycles. The number of benzene rings is 1. The smallest absolute Gasteiger partial charge is 0.227 e. The maximum atomic E-state index is 12.5. The lowest BCUT2D eigenvalue weighted by molar-refractivity contribution is -0.132. The number of hydrogen-bond donors (Lipinski definition) is 0. The van der Waals surface area contributed by atoms with Gasteiger partial charge in [0, 0.05) is 26.2 Å². The van der Waals surface area contributed by atoms with Crippen molar-refractivity contribution in [3.63, 3.8) is 0 Å². The van der Waals surface area contributed by atoms with Crippen LogP contribution in [0.15, 0.2) is 12.1 Å².